The number of likely N-dealkylation sites (tertiary alicyclic amines) is 1. The Morgan fingerprint density at radius 3 is 2.22 bits per heavy atom. The zero-order valence-corrected chi connectivity index (χ0v) is 23.7. The molecule has 0 saturated carbocycles. The van der Waals surface area contributed by atoms with E-state index in [1.165, 1.54) is 18.4 Å². The van der Waals surface area contributed by atoms with Gasteiger partial charge in [0.2, 0.25) is 11.8 Å². The molecule has 0 radical (unpaired) electrons. The summed E-state index contributed by atoms with van der Waals surface area (Å²) in [6, 6.07) is 28.3. The van der Waals surface area contributed by atoms with E-state index in [2.05, 4.69) is 51.6 Å². The maximum atomic E-state index is 14.1. The summed E-state index contributed by atoms with van der Waals surface area (Å²) in [6.45, 7) is 3.16. The third kappa shape index (κ3) is 5.94. The number of hydrogen-bond acceptors (Lipinski definition) is 3. The summed E-state index contributed by atoms with van der Waals surface area (Å²) in [6.07, 6.45) is 8.46. The fourth-order valence-electron chi connectivity index (χ4n) is 6.66. The Morgan fingerprint density at radius 2 is 1.46 bits per heavy atom. The largest absolute Gasteiger partial charge is 0.361 e. The number of carbonyl (C=O) groups is 2. The SMILES string of the molecule is O=C1C(Cc2c[nH]c3ccccc23)NC(=O)C2(CCN(CCCCCc3ccccc3)CC2)N1Cc1ccccc1. The molecule has 0 aliphatic carbocycles. The number of piperazine rings is 1. The lowest BCUT2D eigenvalue weighted by atomic mass is 9.80. The van der Waals surface area contributed by atoms with E-state index in [-0.39, 0.29) is 11.8 Å². The molecular formula is C35H40N4O2. The molecular weight excluding hydrogens is 508 g/mol. The highest BCUT2D eigenvalue weighted by Gasteiger charge is 2.53. The second-order valence-corrected chi connectivity index (χ2v) is 11.7. The maximum absolute atomic E-state index is 14.1. The molecule has 41 heavy (non-hydrogen) atoms. The molecule has 212 valence electrons. The molecule has 0 bridgehead atoms. The summed E-state index contributed by atoms with van der Waals surface area (Å²) in [5, 5.41) is 4.27. The van der Waals surface area contributed by atoms with Gasteiger partial charge in [0.05, 0.1) is 0 Å². The van der Waals surface area contributed by atoms with Crippen LogP contribution < -0.4 is 5.32 Å². The number of nitrogens with zero attached hydrogens (tertiary/aromatic N) is 2. The molecule has 2 aliphatic rings. The van der Waals surface area contributed by atoms with Crippen LogP contribution in [0.25, 0.3) is 10.9 Å². The first-order chi connectivity index (χ1) is 20.1. The van der Waals surface area contributed by atoms with Crippen molar-refractivity contribution in [2.24, 2.45) is 0 Å². The van der Waals surface area contributed by atoms with E-state index in [4.69, 9.17) is 0 Å². The van der Waals surface area contributed by atoms with Crippen molar-refractivity contribution < 1.29 is 9.59 Å². The number of benzene rings is 3. The average Bonchev–Trinajstić information content (AvgIpc) is 3.42. The van der Waals surface area contributed by atoms with Gasteiger partial charge in [0, 0.05) is 43.2 Å². The molecule has 1 atom stereocenters. The van der Waals surface area contributed by atoms with E-state index in [0.717, 1.165) is 54.5 Å². The van der Waals surface area contributed by atoms with Crippen molar-refractivity contribution in [3.63, 3.8) is 0 Å². The minimum absolute atomic E-state index is 0.000355. The topological polar surface area (TPSA) is 68.4 Å². The summed E-state index contributed by atoms with van der Waals surface area (Å²) in [5.74, 6) is 0.0217. The smallest absolute Gasteiger partial charge is 0.246 e. The molecule has 3 heterocycles. The van der Waals surface area contributed by atoms with E-state index >= 15 is 0 Å². The molecule has 1 unspecified atom stereocenters. The summed E-state index contributed by atoms with van der Waals surface area (Å²) in [7, 11) is 0. The molecule has 2 amide bonds. The minimum Gasteiger partial charge on any atom is -0.361 e. The molecule has 2 fully saturated rings. The zero-order valence-electron chi connectivity index (χ0n) is 23.7. The number of aromatic amines is 1. The molecule has 6 nitrogen and oxygen atoms in total. The van der Waals surface area contributed by atoms with Gasteiger partial charge in [-0.15, -0.1) is 0 Å². The lowest BCUT2D eigenvalue weighted by molar-refractivity contribution is -0.162. The van der Waals surface area contributed by atoms with Gasteiger partial charge in [-0.05, 0) is 61.4 Å². The molecule has 6 rings (SSSR count). The predicted molar refractivity (Wildman–Crippen MR) is 163 cm³/mol. The van der Waals surface area contributed by atoms with E-state index in [9.17, 15) is 9.59 Å². The number of fused-ring (bicyclic) bond motifs is 1. The third-order valence-electron chi connectivity index (χ3n) is 9.06. The fourth-order valence-corrected chi connectivity index (χ4v) is 6.66. The van der Waals surface area contributed by atoms with Crippen LogP contribution in [-0.2, 0) is 29.0 Å². The number of amides is 2. The van der Waals surface area contributed by atoms with Crippen LogP contribution in [0.15, 0.2) is 91.1 Å². The lowest BCUT2D eigenvalue weighted by Crippen LogP contribution is -2.72. The van der Waals surface area contributed by atoms with Crippen molar-refractivity contribution in [1.29, 1.82) is 0 Å². The second kappa shape index (κ2) is 12.3. The number of nitrogens with one attached hydrogen (secondary N) is 2. The van der Waals surface area contributed by atoms with Gasteiger partial charge in [0.25, 0.3) is 0 Å². The van der Waals surface area contributed by atoms with Gasteiger partial charge in [0.1, 0.15) is 11.6 Å². The van der Waals surface area contributed by atoms with Gasteiger partial charge in [-0.2, -0.15) is 0 Å². The molecule has 1 spiro atoms. The van der Waals surface area contributed by atoms with E-state index in [0.29, 0.717) is 25.8 Å². The van der Waals surface area contributed by atoms with E-state index < -0.39 is 11.6 Å². The highest BCUT2D eigenvalue weighted by atomic mass is 16.2. The normalized spacial score (nSPS) is 19.1. The van der Waals surface area contributed by atoms with Gasteiger partial charge >= 0.3 is 0 Å². The van der Waals surface area contributed by atoms with Crippen LogP contribution in [0.3, 0.4) is 0 Å². The van der Waals surface area contributed by atoms with Gasteiger partial charge in [0.15, 0.2) is 0 Å². The first kappa shape index (κ1) is 27.3. The summed E-state index contributed by atoms with van der Waals surface area (Å²) in [5.41, 5.74) is 3.76. The minimum atomic E-state index is -0.798. The van der Waals surface area contributed by atoms with Crippen LogP contribution in [-0.4, -0.2) is 57.8 Å². The zero-order chi connectivity index (χ0) is 28.1. The number of H-pyrrole nitrogens is 1. The number of rotatable bonds is 10. The Labute approximate surface area is 242 Å². The van der Waals surface area contributed by atoms with Crippen LogP contribution in [0.5, 0.6) is 0 Å². The third-order valence-corrected chi connectivity index (χ3v) is 9.06. The average molecular weight is 549 g/mol. The van der Waals surface area contributed by atoms with Crippen LogP contribution in [0, 0.1) is 0 Å². The summed E-state index contributed by atoms with van der Waals surface area (Å²) in [4.78, 5) is 35.8. The number of unbranched alkanes of at least 4 members (excludes halogenated alkanes) is 2. The standard InChI is InChI=1S/C35H40N4O2/c40-33-32(24-29-25-36-31-18-10-9-17-30(29)31)37-34(41)35(39(33)26-28-15-6-2-7-16-28)19-22-38(23-20-35)21-11-3-8-14-27-12-4-1-5-13-27/h1-2,4-7,9-10,12-13,15-18,25,32,36H,3,8,11,14,19-24,26H2,(H,37,41). The predicted octanol–water partition coefficient (Wildman–Crippen LogP) is 5.49. The Morgan fingerprint density at radius 1 is 0.780 bits per heavy atom. The molecule has 1 aromatic heterocycles. The Kier molecular flexibility index (Phi) is 8.19. The molecule has 2 saturated heterocycles. The van der Waals surface area contributed by atoms with Crippen molar-refractivity contribution in [1.82, 2.24) is 20.1 Å². The quantitative estimate of drug-likeness (QED) is 0.258. The molecule has 6 heteroatoms. The molecule has 3 aromatic carbocycles. The fraction of sp³-hybridized carbons (Fsp3) is 0.371. The number of aromatic nitrogens is 1. The Balaban J connectivity index is 1.12. The Hall–Kier alpha value is -3.90. The monoisotopic (exact) mass is 548 g/mol. The summed E-state index contributed by atoms with van der Waals surface area (Å²) >= 11 is 0. The number of carbonyl (C=O) groups excluding carboxylic acids is 2. The number of piperidine rings is 1. The lowest BCUT2D eigenvalue weighted by Gasteiger charge is -2.51. The highest BCUT2D eigenvalue weighted by Crippen LogP contribution is 2.35. The first-order valence-electron chi connectivity index (χ1n) is 15.1. The van der Waals surface area contributed by atoms with Gasteiger partial charge < -0.3 is 20.1 Å². The van der Waals surface area contributed by atoms with Crippen molar-refractivity contribution in [2.75, 3.05) is 19.6 Å². The van der Waals surface area contributed by atoms with E-state index in [1.54, 1.807) is 0 Å². The van der Waals surface area contributed by atoms with Crippen LogP contribution >= 0.6 is 0 Å². The number of para-hydroxylation sites is 1. The van der Waals surface area contributed by atoms with Crippen molar-refractivity contribution in [3.8, 4) is 0 Å². The van der Waals surface area contributed by atoms with Crippen LogP contribution in [0.2, 0.25) is 0 Å². The van der Waals surface area contributed by atoms with Crippen molar-refractivity contribution in [2.45, 2.75) is 63.1 Å². The van der Waals surface area contributed by atoms with Gasteiger partial charge in [-0.25, -0.2) is 0 Å². The van der Waals surface area contributed by atoms with Crippen LogP contribution in [0.1, 0.15) is 48.8 Å². The van der Waals surface area contributed by atoms with E-state index in [1.807, 2.05) is 59.6 Å². The van der Waals surface area contributed by atoms with Crippen molar-refractivity contribution >= 4 is 22.7 Å². The number of aryl methyl sites for hydroxylation is 1. The summed E-state index contributed by atoms with van der Waals surface area (Å²) < 4.78 is 0. The molecule has 2 N–H and O–H groups in total. The van der Waals surface area contributed by atoms with Crippen LogP contribution in [0.4, 0.5) is 0 Å². The Bertz CT molecular complexity index is 1460. The second-order valence-electron chi connectivity index (χ2n) is 11.7. The maximum Gasteiger partial charge on any atom is 0.246 e. The van der Waals surface area contributed by atoms with Gasteiger partial charge in [-0.3, -0.25) is 9.59 Å². The van der Waals surface area contributed by atoms with Crippen molar-refractivity contribution in [3.05, 3.63) is 108 Å². The first-order valence-corrected chi connectivity index (χ1v) is 15.1. The highest BCUT2D eigenvalue weighted by molar-refractivity contribution is 6.00. The molecule has 4 aromatic rings. The molecule has 2 aliphatic heterocycles. The van der Waals surface area contributed by atoms with Gasteiger partial charge in [-0.1, -0.05) is 85.3 Å². The number of hydrogen-bond donors (Lipinski definition) is 2.